The molecule has 2 nitrogen and oxygen atoms in total. The molecule has 0 aromatic carbocycles. The molecule has 1 aromatic rings. The molecule has 0 atom stereocenters. The first-order chi connectivity index (χ1) is 5.68. The van der Waals surface area contributed by atoms with Crippen molar-refractivity contribution in [2.24, 2.45) is 0 Å². The van der Waals surface area contributed by atoms with E-state index in [2.05, 4.69) is 18.8 Å². The fourth-order valence-corrected chi connectivity index (χ4v) is 2.44. The highest BCUT2D eigenvalue weighted by Crippen LogP contribution is 2.44. The van der Waals surface area contributed by atoms with Gasteiger partial charge >= 0.3 is 0 Å². The van der Waals surface area contributed by atoms with Crippen LogP contribution < -0.4 is 5.73 Å². The van der Waals surface area contributed by atoms with Crippen LogP contribution in [0, 0.1) is 0 Å². The number of hydrogen-bond acceptors (Lipinski definition) is 3. The Hall–Kier alpha value is -0.570. The molecule has 1 fully saturated rings. The Kier molecular flexibility index (Phi) is 1.83. The molecule has 0 spiro atoms. The molecule has 12 heavy (non-hydrogen) atoms. The van der Waals surface area contributed by atoms with E-state index in [9.17, 15) is 0 Å². The summed E-state index contributed by atoms with van der Waals surface area (Å²) in [6, 6.07) is 0. The lowest BCUT2D eigenvalue weighted by molar-refractivity contribution is 0.825. The van der Waals surface area contributed by atoms with Crippen LogP contribution in [0.1, 0.15) is 49.2 Å². The van der Waals surface area contributed by atoms with E-state index in [1.54, 1.807) is 11.3 Å². The third-order valence-electron chi connectivity index (χ3n) is 2.17. The minimum absolute atomic E-state index is 0.466. The van der Waals surface area contributed by atoms with E-state index in [1.807, 2.05) is 0 Å². The molecule has 1 saturated carbocycles. The number of nitrogens with zero attached hydrogens (tertiary/aromatic N) is 1. The highest BCUT2D eigenvalue weighted by Gasteiger charge is 2.28. The number of aromatic nitrogens is 1. The van der Waals surface area contributed by atoms with Crippen molar-refractivity contribution >= 4 is 16.3 Å². The van der Waals surface area contributed by atoms with Gasteiger partial charge in [-0.15, -0.1) is 11.3 Å². The lowest BCUT2D eigenvalue weighted by Gasteiger charge is -1.99. The first-order valence-corrected chi connectivity index (χ1v) is 5.26. The van der Waals surface area contributed by atoms with E-state index >= 15 is 0 Å². The van der Waals surface area contributed by atoms with E-state index < -0.39 is 0 Å². The maximum atomic E-state index is 5.86. The summed E-state index contributed by atoms with van der Waals surface area (Å²) in [5.41, 5.74) is 6.96. The minimum atomic E-state index is 0.466. The van der Waals surface area contributed by atoms with Crippen molar-refractivity contribution in [2.75, 3.05) is 5.73 Å². The fourth-order valence-electron chi connectivity index (χ4n) is 1.28. The summed E-state index contributed by atoms with van der Waals surface area (Å²) in [7, 11) is 0. The van der Waals surface area contributed by atoms with Crippen LogP contribution >= 0.6 is 11.3 Å². The average Bonchev–Trinajstić information content (AvgIpc) is 2.75. The van der Waals surface area contributed by atoms with Crippen LogP contribution in [0.3, 0.4) is 0 Å². The summed E-state index contributed by atoms with van der Waals surface area (Å²) < 4.78 is 0. The maximum Gasteiger partial charge on any atom is 0.110 e. The largest absolute Gasteiger partial charge is 0.389 e. The van der Waals surface area contributed by atoms with Crippen molar-refractivity contribution < 1.29 is 0 Å². The van der Waals surface area contributed by atoms with Gasteiger partial charge in [0.1, 0.15) is 5.00 Å². The summed E-state index contributed by atoms with van der Waals surface area (Å²) >= 11 is 1.68. The molecule has 66 valence electrons. The molecular weight excluding hydrogens is 168 g/mol. The van der Waals surface area contributed by atoms with Crippen LogP contribution in [0.2, 0.25) is 0 Å². The molecular formula is C9H14N2S. The van der Waals surface area contributed by atoms with E-state index in [4.69, 9.17) is 5.73 Å². The zero-order chi connectivity index (χ0) is 8.72. The zero-order valence-corrected chi connectivity index (χ0v) is 8.32. The summed E-state index contributed by atoms with van der Waals surface area (Å²) in [5.74, 6) is 1.21. The van der Waals surface area contributed by atoms with Crippen LogP contribution in [0.15, 0.2) is 0 Å². The van der Waals surface area contributed by atoms with Gasteiger partial charge in [0.2, 0.25) is 0 Å². The molecule has 1 aromatic heterocycles. The number of rotatable bonds is 2. The van der Waals surface area contributed by atoms with Crippen molar-refractivity contribution in [1.29, 1.82) is 0 Å². The van der Waals surface area contributed by atoms with E-state index in [0.717, 1.165) is 16.6 Å². The van der Waals surface area contributed by atoms with E-state index in [1.165, 1.54) is 17.8 Å². The van der Waals surface area contributed by atoms with Gasteiger partial charge in [0, 0.05) is 5.92 Å². The maximum absolute atomic E-state index is 5.86. The van der Waals surface area contributed by atoms with E-state index in [-0.39, 0.29) is 0 Å². The average molecular weight is 182 g/mol. The standard InChI is InChI=1S/C9H14N2S/c1-5(2)7-8(10)12-9(11-7)6-3-4-6/h5-6H,3-4,10H2,1-2H3. The van der Waals surface area contributed by atoms with Crippen molar-refractivity contribution in [3.63, 3.8) is 0 Å². The summed E-state index contributed by atoms with van der Waals surface area (Å²) in [4.78, 5) is 4.56. The highest BCUT2D eigenvalue weighted by molar-refractivity contribution is 7.15. The summed E-state index contributed by atoms with van der Waals surface area (Å²) in [6.07, 6.45) is 2.62. The molecule has 0 unspecified atom stereocenters. The predicted molar refractivity (Wildman–Crippen MR) is 52.6 cm³/mol. The second kappa shape index (κ2) is 2.73. The number of nitrogens with two attached hydrogens (primary N) is 1. The lowest BCUT2D eigenvalue weighted by Crippen LogP contribution is -1.93. The van der Waals surface area contributed by atoms with Crippen LogP contribution in [0.25, 0.3) is 0 Å². The first-order valence-electron chi connectivity index (χ1n) is 4.44. The second-order valence-corrected chi connectivity index (χ2v) is 4.79. The van der Waals surface area contributed by atoms with Gasteiger partial charge in [0.25, 0.3) is 0 Å². The molecule has 0 aliphatic heterocycles. The van der Waals surface area contributed by atoms with Crippen LogP contribution in [-0.2, 0) is 0 Å². The third kappa shape index (κ3) is 1.33. The second-order valence-electron chi connectivity index (χ2n) is 3.73. The molecule has 1 heterocycles. The Balaban J connectivity index is 2.30. The van der Waals surface area contributed by atoms with Gasteiger partial charge in [0.05, 0.1) is 10.7 Å². The van der Waals surface area contributed by atoms with Crippen LogP contribution in [-0.4, -0.2) is 4.98 Å². The van der Waals surface area contributed by atoms with Crippen LogP contribution in [0.5, 0.6) is 0 Å². The topological polar surface area (TPSA) is 38.9 Å². The monoisotopic (exact) mass is 182 g/mol. The van der Waals surface area contributed by atoms with Gasteiger partial charge in [-0.25, -0.2) is 4.98 Å². The molecule has 0 saturated heterocycles. The molecule has 2 rings (SSSR count). The summed E-state index contributed by atoms with van der Waals surface area (Å²) in [5, 5.41) is 2.18. The van der Waals surface area contributed by atoms with Gasteiger partial charge in [-0.2, -0.15) is 0 Å². The Morgan fingerprint density at radius 1 is 1.50 bits per heavy atom. The van der Waals surface area contributed by atoms with Crippen molar-refractivity contribution in [2.45, 2.75) is 38.5 Å². The van der Waals surface area contributed by atoms with Crippen molar-refractivity contribution in [3.8, 4) is 0 Å². The SMILES string of the molecule is CC(C)c1nc(C2CC2)sc1N. The molecule has 2 N–H and O–H groups in total. The zero-order valence-electron chi connectivity index (χ0n) is 7.50. The minimum Gasteiger partial charge on any atom is -0.389 e. The molecule has 0 amide bonds. The first kappa shape index (κ1) is 8.05. The molecule has 3 heteroatoms. The Labute approximate surface area is 76.8 Å². The fraction of sp³-hybridized carbons (Fsp3) is 0.667. The van der Waals surface area contributed by atoms with Gasteiger partial charge in [0.15, 0.2) is 0 Å². The highest BCUT2D eigenvalue weighted by atomic mass is 32.1. The molecule has 1 aliphatic rings. The van der Waals surface area contributed by atoms with E-state index in [0.29, 0.717) is 5.92 Å². The van der Waals surface area contributed by atoms with Crippen molar-refractivity contribution in [3.05, 3.63) is 10.7 Å². The molecule has 0 radical (unpaired) electrons. The lowest BCUT2D eigenvalue weighted by atomic mass is 10.1. The third-order valence-corrected chi connectivity index (χ3v) is 3.23. The number of anilines is 1. The Bertz CT molecular complexity index is 287. The number of hydrogen-bond donors (Lipinski definition) is 1. The molecule has 1 aliphatic carbocycles. The van der Waals surface area contributed by atoms with Gasteiger partial charge in [-0.3, -0.25) is 0 Å². The van der Waals surface area contributed by atoms with Gasteiger partial charge in [-0.1, -0.05) is 13.8 Å². The van der Waals surface area contributed by atoms with Gasteiger partial charge in [-0.05, 0) is 18.8 Å². The summed E-state index contributed by atoms with van der Waals surface area (Å²) in [6.45, 7) is 4.28. The number of nitrogen functional groups attached to an aromatic ring is 1. The molecule has 0 bridgehead atoms. The smallest absolute Gasteiger partial charge is 0.110 e. The normalized spacial score (nSPS) is 17.2. The predicted octanol–water partition coefficient (Wildman–Crippen LogP) is 2.73. The Morgan fingerprint density at radius 2 is 2.17 bits per heavy atom. The van der Waals surface area contributed by atoms with Crippen LogP contribution in [0.4, 0.5) is 5.00 Å². The quantitative estimate of drug-likeness (QED) is 0.763. The number of thiazole rings is 1. The van der Waals surface area contributed by atoms with Gasteiger partial charge < -0.3 is 5.73 Å². The Morgan fingerprint density at radius 3 is 2.58 bits per heavy atom. The van der Waals surface area contributed by atoms with Crippen molar-refractivity contribution in [1.82, 2.24) is 4.98 Å².